The molecule has 118 valence electrons. The third-order valence-electron chi connectivity index (χ3n) is 3.22. The van der Waals surface area contributed by atoms with Crippen LogP contribution in [-0.2, 0) is 0 Å². The van der Waals surface area contributed by atoms with E-state index in [-0.39, 0.29) is 0 Å². The smallest absolute Gasteiger partial charge is 0.232 e. The lowest BCUT2D eigenvalue weighted by Crippen LogP contribution is -2.45. The van der Waals surface area contributed by atoms with E-state index in [9.17, 15) is 0 Å². The fourth-order valence-corrected chi connectivity index (χ4v) is 4.48. The lowest BCUT2D eigenvalue weighted by atomic mass is 10.4. The van der Waals surface area contributed by atoms with Crippen molar-refractivity contribution in [3.05, 3.63) is 60.7 Å². The largest absolute Gasteiger partial charge is 0.370 e. The monoisotopic (exact) mass is 339 g/mol. The Balaban J connectivity index is 2.00. The maximum Gasteiger partial charge on any atom is 0.232 e. The molecule has 0 saturated heterocycles. The summed E-state index contributed by atoms with van der Waals surface area (Å²) in [5, 5.41) is 5.28. The Morgan fingerprint density at radius 1 is 0.739 bits per heavy atom. The average molecular weight is 340 g/mol. The van der Waals surface area contributed by atoms with E-state index in [2.05, 4.69) is 52.0 Å². The molecule has 0 atom stereocenters. The predicted molar refractivity (Wildman–Crippen MR) is 102 cm³/mol. The van der Waals surface area contributed by atoms with Crippen LogP contribution in [0.5, 0.6) is 0 Å². The fourth-order valence-electron chi connectivity index (χ4n) is 2.04. The molecule has 0 bridgehead atoms. The number of hydrogen-bond donors (Lipinski definition) is 3. The molecule has 2 radical (unpaired) electrons. The van der Waals surface area contributed by atoms with Crippen LogP contribution in [0.4, 0.5) is 0 Å². The van der Waals surface area contributed by atoms with Crippen LogP contribution in [0.2, 0.25) is 13.1 Å². The highest BCUT2D eigenvalue weighted by atomic mass is 28.3. The topological polar surface area (TPSA) is 88.8 Å². The standard InChI is InChI=1S/C16H21N5Si2/c1-22(13-9-5-3-6-10-13)20-15(17)19-16(18)21-23(2)14-11-7-4-8-12-14/h3-12H,1-2H3,(H5,17,18,19,20,21). The summed E-state index contributed by atoms with van der Waals surface area (Å²) in [4.78, 5) is 0. The van der Waals surface area contributed by atoms with Crippen LogP contribution < -0.4 is 27.2 Å². The minimum Gasteiger partial charge on any atom is -0.370 e. The van der Waals surface area contributed by atoms with Crippen molar-refractivity contribution in [2.75, 3.05) is 0 Å². The zero-order chi connectivity index (χ0) is 16.7. The highest BCUT2D eigenvalue weighted by Gasteiger charge is 2.09. The van der Waals surface area contributed by atoms with E-state index in [1.165, 1.54) is 10.4 Å². The number of rotatable bonds is 4. The molecule has 0 amide bonds. The van der Waals surface area contributed by atoms with Gasteiger partial charge in [-0.1, -0.05) is 60.7 Å². The van der Waals surface area contributed by atoms with Gasteiger partial charge in [0.15, 0.2) is 11.9 Å². The molecule has 0 fully saturated rings. The van der Waals surface area contributed by atoms with Crippen molar-refractivity contribution in [1.29, 1.82) is 0 Å². The average Bonchev–Trinajstić information content (AvgIpc) is 2.56. The minimum atomic E-state index is -1.09. The first-order chi connectivity index (χ1) is 11.1. The van der Waals surface area contributed by atoms with Crippen LogP contribution in [-0.4, -0.2) is 29.8 Å². The first kappa shape index (κ1) is 17.0. The second-order valence-electron chi connectivity index (χ2n) is 5.02. The van der Waals surface area contributed by atoms with Crippen molar-refractivity contribution < 1.29 is 0 Å². The van der Waals surface area contributed by atoms with Crippen molar-refractivity contribution in [2.24, 2.45) is 20.8 Å². The SMILES string of the molecule is C[Si](/N=C(\N)N/C(N)=N/[Si](C)c1ccccc1)c1ccccc1. The second-order valence-corrected chi connectivity index (χ2v) is 8.97. The third kappa shape index (κ3) is 5.39. The quantitative estimate of drug-likeness (QED) is 0.424. The molecule has 0 heterocycles. The normalized spacial score (nSPS) is 12.7. The first-order valence-corrected chi connectivity index (χ1v) is 11.2. The molecule has 0 unspecified atom stereocenters. The van der Waals surface area contributed by atoms with Gasteiger partial charge in [0, 0.05) is 0 Å². The molecule has 5 N–H and O–H groups in total. The van der Waals surface area contributed by atoms with Gasteiger partial charge in [-0.15, -0.1) is 0 Å². The number of hydrogen-bond acceptors (Lipinski definition) is 2. The third-order valence-corrected chi connectivity index (χ3v) is 6.71. The summed E-state index contributed by atoms with van der Waals surface area (Å²) in [6.07, 6.45) is 0. The van der Waals surface area contributed by atoms with E-state index >= 15 is 0 Å². The van der Waals surface area contributed by atoms with E-state index in [0.29, 0.717) is 11.9 Å². The van der Waals surface area contributed by atoms with Crippen LogP contribution in [0.15, 0.2) is 70.0 Å². The summed E-state index contributed by atoms with van der Waals surface area (Å²) in [7, 11) is -2.19. The Morgan fingerprint density at radius 2 is 1.09 bits per heavy atom. The molecule has 0 aliphatic heterocycles. The Labute approximate surface area is 140 Å². The molecule has 0 saturated carbocycles. The molecule has 0 aliphatic carbocycles. The first-order valence-electron chi connectivity index (χ1n) is 7.29. The minimum absolute atomic E-state index is 0.314. The second kappa shape index (κ2) is 8.30. The molecule has 2 aromatic carbocycles. The highest BCUT2D eigenvalue weighted by molar-refractivity contribution is 6.72. The molecule has 0 aromatic heterocycles. The summed E-state index contributed by atoms with van der Waals surface area (Å²) in [6, 6.07) is 20.2. The molecule has 2 rings (SSSR count). The van der Waals surface area contributed by atoms with Gasteiger partial charge in [0.05, 0.1) is 0 Å². The Bertz CT molecular complexity index is 614. The summed E-state index contributed by atoms with van der Waals surface area (Å²) in [5.41, 5.74) is 11.9. The molecule has 2 aromatic rings. The summed E-state index contributed by atoms with van der Waals surface area (Å²) in [6.45, 7) is 4.17. The molecule has 23 heavy (non-hydrogen) atoms. The molecular weight excluding hydrogens is 318 g/mol. The van der Waals surface area contributed by atoms with Gasteiger partial charge in [-0.2, -0.15) is 0 Å². The van der Waals surface area contributed by atoms with E-state index in [0.717, 1.165) is 0 Å². The Kier molecular flexibility index (Phi) is 6.13. The van der Waals surface area contributed by atoms with E-state index in [1.54, 1.807) is 0 Å². The Morgan fingerprint density at radius 3 is 1.43 bits per heavy atom. The fraction of sp³-hybridized carbons (Fsp3) is 0.125. The summed E-state index contributed by atoms with van der Waals surface area (Å²) >= 11 is 0. The molecule has 0 aliphatic rings. The van der Waals surface area contributed by atoms with Gasteiger partial charge in [0.25, 0.3) is 0 Å². The molecular formula is C16H21N5Si2. The van der Waals surface area contributed by atoms with Crippen molar-refractivity contribution in [3.63, 3.8) is 0 Å². The van der Waals surface area contributed by atoms with Crippen LogP contribution in [0.25, 0.3) is 0 Å². The summed E-state index contributed by atoms with van der Waals surface area (Å²) in [5.74, 6) is 0.628. The van der Waals surface area contributed by atoms with Crippen molar-refractivity contribution in [2.45, 2.75) is 13.1 Å². The maximum atomic E-state index is 5.94. The van der Waals surface area contributed by atoms with Gasteiger partial charge >= 0.3 is 0 Å². The number of guanidine groups is 2. The van der Waals surface area contributed by atoms with E-state index < -0.39 is 17.9 Å². The van der Waals surface area contributed by atoms with E-state index in [1.807, 2.05) is 36.4 Å². The molecule has 5 nitrogen and oxygen atoms in total. The van der Waals surface area contributed by atoms with Gasteiger partial charge in [0.2, 0.25) is 17.9 Å². The van der Waals surface area contributed by atoms with Crippen LogP contribution in [0.3, 0.4) is 0 Å². The van der Waals surface area contributed by atoms with Gasteiger partial charge in [-0.25, -0.2) is 0 Å². The van der Waals surface area contributed by atoms with Gasteiger partial charge in [0.1, 0.15) is 0 Å². The molecule has 7 heteroatoms. The zero-order valence-corrected chi connectivity index (χ0v) is 15.3. The Hall–Kier alpha value is -2.39. The maximum absolute atomic E-state index is 5.94. The van der Waals surface area contributed by atoms with Crippen LogP contribution in [0.1, 0.15) is 0 Å². The van der Waals surface area contributed by atoms with Gasteiger partial charge in [-0.05, 0) is 23.5 Å². The van der Waals surface area contributed by atoms with Crippen LogP contribution in [0, 0.1) is 0 Å². The van der Waals surface area contributed by atoms with E-state index in [4.69, 9.17) is 11.5 Å². The van der Waals surface area contributed by atoms with Gasteiger partial charge < -0.3 is 11.5 Å². The van der Waals surface area contributed by atoms with Crippen LogP contribution >= 0.6 is 0 Å². The number of benzene rings is 2. The van der Waals surface area contributed by atoms with Gasteiger partial charge in [-0.3, -0.25) is 14.6 Å². The van der Waals surface area contributed by atoms with Crippen molar-refractivity contribution >= 4 is 40.2 Å². The lowest BCUT2D eigenvalue weighted by molar-refractivity contribution is 1.26. The highest BCUT2D eigenvalue weighted by Crippen LogP contribution is 1.91. The lowest BCUT2D eigenvalue weighted by Gasteiger charge is -2.10. The molecule has 0 spiro atoms. The predicted octanol–water partition coefficient (Wildman–Crippen LogP) is 0.262. The number of nitrogens with two attached hydrogens (primary N) is 2. The van der Waals surface area contributed by atoms with Crippen molar-refractivity contribution in [1.82, 2.24) is 5.32 Å². The zero-order valence-electron chi connectivity index (χ0n) is 13.3. The number of nitrogens with one attached hydrogen (secondary N) is 1. The summed E-state index contributed by atoms with van der Waals surface area (Å²) < 4.78 is 9.01. The van der Waals surface area contributed by atoms with Crippen molar-refractivity contribution in [3.8, 4) is 0 Å². The number of nitrogens with zero attached hydrogens (tertiary/aromatic N) is 2.